The van der Waals surface area contributed by atoms with Crippen LogP contribution in [-0.4, -0.2) is 22.1 Å². The zero-order valence-electron chi connectivity index (χ0n) is 10.0. The molecule has 3 N–H and O–H groups in total. The number of halogens is 1. The second-order valence-corrected chi connectivity index (χ2v) is 5.82. The molecule has 0 aliphatic carbocycles. The molecule has 0 radical (unpaired) electrons. The highest BCUT2D eigenvalue weighted by Gasteiger charge is 2.24. The maximum Gasteiger partial charge on any atom is 0.331 e. The minimum absolute atomic E-state index is 0.0241. The summed E-state index contributed by atoms with van der Waals surface area (Å²) >= 11 is 4.40. The summed E-state index contributed by atoms with van der Waals surface area (Å²) in [6.07, 6.45) is 0. The molecular weight excluding hydrogens is 346 g/mol. The average Bonchev–Trinajstić information content (AvgIpc) is 2.88. The molecule has 7 heteroatoms. The standard InChI is InChI=1S/C13H10BrNO4S/c14-7-3-4-8(9(16)6-7)12(17)15-11(13(18)19)10-2-1-5-20-10/h1-6,11,16H,(H,15,17)(H,18,19). The molecule has 0 bridgehead atoms. The monoisotopic (exact) mass is 355 g/mol. The lowest BCUT2D eigenvalue weighted by Crippen LogP contribution is -2.33. The van der Waals surface area contributed by atoms with Gasteiger partial charge in [-0.05, 0) is 29.6 Å². The number of hydrogen-bond donors (Lipinski definition) is 3. The van der Waals surface area contributed by atoms with Crippen LogP contribution in [0.2, 0.25) is 0 Å². The molecule has 0 saturated heterocycles. The normalized spacial score (nSPS) is 11.8. The van der Waals surface area contributed by atoms with E-state index in [4.69, 9.17) is 0 Å². The third-order valence-electron chi connectivity index (χ3n) is 2.55. The summed E-state index contributed by atoms with van der Waals surface area (Å²) in [5.74, 6) is -2.01. The number of thiophene rings is 1. The average molecular weight is 356 g/mol. The highest BCUT2D eigenvalue weighted by Crippen LogP contribution is 2.24. The molecule has 1 aromatic carbocycles. The Hall–Kier alpha value is -1.86. The molecular formula is C13H10BrNO4S. The third-order valence-corrected chi connectivity index (χ3v) is 3.98. The van der Waals surface area contributed by atoms with E-state index in [9.17, 15) is 19.8 Å². The summed E-state index contributed by atoms with van der Waals surface area (Å²) in [5, 5.41) is 23.0. The Kier molecular flexibility index (Phi) is 4.41. The second kappa shape index (κ2) is 6.06. The Bertz CT molecular complexity index is 642. The molecule has 0 saturated carbocycles. The highest BCUT2D eigenvalue weighted by molar-refractivity contribution is 9.10. The van der Waals surface area contributed by atoms with Crippen molar-refractivity contribution < 1.29 is 19.8 Å². The van der Waals surface area contributed by atoms with Gasteiger partial charge in [0.15, 0.2) is 6.04 Å². The Morgan fingerprint density at radius 3 is 2.60 bits per heavy atom. The summed E-state index contributed by atoms with van der Waals surface area (Å²) in [4.78, 5) is 23.8. The predicted octanol–water partition coefficient (Wildman–Crippen LogP) is 2.77. The van der Waals surface area contributed by atoms with Gasteiger partial charge in [0.05, 0.1) is 5.56 Å². The fourth-order valence-corrected chi connectivity index (χ4v) is 2.73. The quantitative estimate of drug-likeness (QED) is 0.786. The number of amides is 1. The fraction of sp³-hybridized carbons (Fsp3) is 0.0769. The van der Waals surface area contributed by atoms with Crippen LogP contribution in [-0.2, 0) is 4.79 Å². The maximum atomic E-state index is 12.0. The van der Waals surface area contributed by atoms with Gasteiger partial charge in [-0.25, -0.2) is 4.79 Å². The maximum absolute atomic E-state index is 12.0. The van der Waals surface area contributed by atoms with Crippen LogP contribution in [0, 0.1) is 0 Å². The van der Waals surface area contributed by atoms with Crippen molar-refractivity contribution in [3.8, 4) is 5.75 Å². The number of phenols is 1. The number of phenolic OH excluding ortho intramolecular Hbond substituents is 1. The van der Waals surface area contributed by atoms with E-state index in [1.807, 2.05) is 0 Å². The summed E-state index contributed by atoms with van der Waals surface area (Å²) in [6, 6.07) is 6.59. The molecule has 1 amide bonds. The van der Waals surface area contributed by atoms with Gasteiger partial charge >= 0.3 is 5.97 Å². The van der Waals surface area contributed by atoms with Crippen LogP contribution >= 0.6 is 27.3 Å². The van der Waals surface area contributed by atoms with Crippen LogP contribution in [0.15, 0.2) is 40.2 Å². The zero-order chi connectivity index (χ0) is 14.7. The number of aliphatic carboxylic acids is 1. The molecule has 0 aliphatic heterocycles. The summed E-state index contributed by atoms with van der Waals surface area (Å²) in [5.41, 5.74) is 0.0241. The van der Waals surface area contributed by atoms with Crippen LogP contribution in [0.4, 0.5) is 0 Å². The van der Waals surface area contributed by atoms with E-state index in [0.29, 0.717) is 9.35 Å². The number of rotatable bonds is 4. The highest BCUT2D eigenvalue weighted by atomic mass is 79.9. The van der Waals surface area contributed by atoms with Gasteiger partial charge in [-0.1, -0.05) is 22.0 Å². The molecule has 0 spiro atoms. The first kappa shape index (κ1) is 14.5. The Balaban J connectivity index is 2.23. The first-order chi connectivity index (χ1) is 9.49. The summed E-state index contributed by atoms with van der Waals surface area (Å²) < 4.78 is 0.625. The van der Waals surface area contributed by atoms with Crippen LogP contribution in [0.3, 0.4) is 0 Å². The van der Waals surface area contributed by atoms with Gasteiger partial charge < -0.3 is 15.5 Å². The molecule has 1 aromatic heterocycles. The van der Waals surface area contributed by atoms with Crippen LogP contribution < -0.4 is 5.32 Å². The Morgan fingerprint density at radius 1 is 1.30 bits per heavy atom. The molecule has 5 nitrogen and oxygen atoms in total. The largest absolute Gasteiger partial charge is 0.507 e. The molecule has 1 heterocycles. The molecule has 0 fully saturated rings. The Labute approximate surface area is 127 Å². The Morgan fingerprint density at radius 2 is 2.05 bits per heavy atom. The number of carboxylic acid groups (broad SMARTS) is 1. The number of hydrogen-bond acceptors (Lipinski definition) is 4. The molecule has 2 rings (SSSR count). The van der Waals surface area contributed by atoms with Crippen molar-refractivity contribution in [2.24, 2.45) is 0 Å². The fourth-order valence-electron chi connectivity index (χ4n) is 1.62. The third kappa shape index (κ3) is 3.17. The SMILES string of the molecule is O=C(NC(C(=O)O)c1cccs1)c1ccc(Br)cc1O. The van der Waals surface area contributed by atoms with E-state index in [1.165, 1.54) is 23.5 Å². The van der Waals surface area contributed by atoms with Crippen LogP contribution in [0.1, 0.15) is 21.3 Å². The number of carbonyl (C=O) groups excluding carboxylic acids is 1. The lowest BCUT2D eigenvalue weighted by Gasteiger charge is -2.13. The molecule has 20 heavy (non-hydrogen) atoms. The zero-order valence-corrected chi connectivity index (χ0v) is 12.4. The van der Waals surface area contributed by atoms with Crippen molar-refractivity contribution in [1.82, 2.24) is 5.32 Å². The van der Waals surface area contributed by atoms with Crippen molar-refractivity contribution in [3.05, 3.63) is 50.6 Å². The summed E-state index contributed by atoms with van der Waals surface area (Å²) in [6.45, 7) is 0. The van der Waals surface area contributed by atoms with E-state index in [0.717, 1.165) is 0 Å². The van der Waals surface area contributed by atoms with E-state index in [2.05, 4.69) is 21.2 Å². The van der Waals surface area contributed by atoms with E-state index >= 15 is 0 Å². The molecule has 1 unspecified atom stereocenters. The van der Waals surface area contributed by atoms with Gasteiger partial charge in [0.25, 0.3) is 5.91 Å². The predicted molar refractivity (Wildman–Crippen MR) is 78.0 cm³/mol. The van der Waals surface area contributed by atoms with Crippen molar-refractivity contribution in [2.45, 2.75) is 6.04 Å². The van der Waals surface area contributed by atoms with Gasteiger partial charge in [0.2, 0.25) is 0 Å². The van der Waals surface area contributed by atoms with Crippen molar-refractivity contribution in [2.75, 3.05) is 0 Å². The number of benzene rings is 1. The number of carboxylic acids is 1. The minimum atomic E-state index is -1.16. The minimum Gasteiger partial charge on any atom is -0.507 e. The van der Waals surface area contributed by atoms with Gasteiger partial charge in [0, 0.05) is 9.35 Å². The van der Waals surface area contributed by atoms with Crippen molar-refractivity contribution in [3.63, 3.8) is 0 Å². The smallest absolute Gasteiger partial charge is 0.331 e. The first-order valence-corrected chi connectivity index (χ1v) is 7.22. The van der Waals surface area contributed by atoms with Crippen molar-refractivity contribution >= 4 is 39.1 Å². The van der Waals surface area contributed by atoms with Gasteiger partial charge in [-0.15, -0.1) is 11.3 Å². The van der Waals surface area contributed by atoms with E-state index in [-0.39, 0.29) is 11.3 Å². The molecule has 2 aromatic rings. The number of nitrogens with one attached hydrogen (secondary N) is 1. The van der Waals surface area contributed by atoms with Crippen molar-refractivity contribution in [1.29, 1.82) is 0 Å². The topological polar surface area (TPSA) is 86.6 Å². The van der Waals surface area contributed by atoms with Crippen LogP contribution in [0.25, 0.3) is 0 Å². The molecule has 0 aliphatic rings. The second-order valence-electron chi connectivity index (χ2n) is 3.92. The van der Waals surface area contributed by atoms with Gasteiger partial charge in [-0.2, -0.15) is 0 Å². The van der Waals surface area contributed by atoms with E-state index < -0.39 is 17.9 Å². The van der Waals surface area contributed by atoms with E-state index in [1.54, 1.807) is 23.6 Å². The molecule has 1 atom stereocenters. The lowest BCUT2D eigenvalue weighted by atomic mass is 10.1. The number of aromatic hydroxyl groups is 1. The van der Waals surface area contributed by atoms with Gasteiger partial charge in [-0.3, -0.25) is 4.79 Å². The summed E-state index contributed by atoms with van der Waals surface area (Å²) in [7, 11) is 0. The lowest BCUT2D eigenvalue weighted by molar-refractivity contribution is -0.139. The van der Waals surface area contributed by atoms with Crippen LogP contribution in [0.5, 0.6) is 5.75 Å². The van der Waals surface area contributed by atoms with Gasteiger partial charge in [0.1, 0.15) is 5.75 Å². The molecule has 104 valence electrons. The number of carbonyl (C=O) groups is 2. The first-order valence-electron chi connectivity index (χ1n) is 5.54.